The number of hydrogen-bond acceptors (Lipinski definition) is 7. The zero-order valence-corrected chi connectivity index (χ0v) is 21.9. The third kappa shape index (κ3) is 7.43. The van der Waals surface area contributed by atoms with E-state index in [1.807, 2.05) is 6.92 Å². The Balaban J connectivity index is 1.67. The molecule has 0 unspecified atom stereocenters. The van der Waals surface area contributed by atoms with Crippen LogP contribution in [-0.4, -0.2) is 38.9 Å². The van der Waals surface area contributed by atoms with Crippen LogP contribution in [0.15, 0.2) is 64.2 Å². The zero-order chi connectivity index (χ0) is 26.8. The summed E-state index contributed by atoms with van der Waals surface area (Å²) < 4.78 is 36.3. The number of methoxy groups -OCH3 is 2. The van der Waals surface area contributed by atoms with Crippen molar-refractivity contribution in [2.45, 2.75) is 13.5 Å². The van der Waals surface area contributed by atoms with Gasteiger partial charge < -0.3 is 24.3 Å². The molecule has 0 aliphatic heterocycles. The molecule has 0 saturated carbocycles. The molecule has 0 atom stereocenters. The maximum absolute atomic E-state index is 13.9. The first kappa shape index (κ1) is 27.5. The highest BCUT2D eigenvalue weighted by Crippen LogP contribution is 2.37. The molecule has 0 heterocycles. The number of carbonyl (C=O) groups excluding carboxylic acids is 2. The molecule has 37 heavy (non-hydrogen) atoms. The zero-order valence-electron chi connectivity index (χ0n) is 20.3. The Morgan fingerprint density at radius 2 is 1.78 bits per heavy atom. The van der Waals surface area contributed by atoms with Crippen LogP contribution in [-0.2, 0) is 16.2 Å². The highest BCUT2D eigenvalue weighted by atomic mass is 79.9. The lowest BCUT2D eigenvalue weighted by molar-refractivity contribution is -0.136. The fourth-order valence-corrected chi connectivity index (χ4v) is 3.71. The van der Waals surface area contributed by atoms with Gasteiger partial charge in [-0.15, -0.1) is 0 Å². The topological polar surface area (TPSA) is 107 Å². The van der Waals surface area contributed by atoms with Crippen LogP contribution in [0.1, 0.15) is 18.1 Å². The van der Waals surface area contributed by atoms with E-state index < -0.39 is 11.8 Å². The SMILES string of the molecule is CCOc1cc(C=NNC(=O)C(=O)Nc2cc(OC)ccc2OC)cc(Br)c1OCc1ccccc1F. The summed E-state index contributed by atoms with van der Waals surface area (Å²) in [5.74, 6) is -0.693. The van der Waals surface area contributed by atoms with Gasteiger partial charge in [-0.2, -0.15) is 5.10 Å². The largest absolute Gasteiger partial charge is 0.497 e. The molecule has 3 rings (SSSR count). The molecule has 0 fully saturated rings. The van der Waals surface area contributed by atoms with E-state index in [0.717, 1.165) is 0 Å². The van der Waals surface area contributed by atoms with Crippen LogP contribution < -0.4 is 29.7 Å². The third-order valence-corrected chi connectivity index (χ3v) is 5.49. The van der Waals surface area contributed by atoms with E-state index in [1.54, 1.807) is 42.5 Å². The fraction of sp³-hybridized carbons (Fsp3) is 0.192. The minimum absolute atomic E-state index is 0.00201. The van der Waals surface area contributed by atoms with Gasteiger partial charge in [0.2, 0.25) is 0 Å². The van der Waals surface area contributed by atoms with E-state index in [9.17, 15) is 14.0 Å². The van der Waals surface area contributed by atoms with Crippen LogP contribution in [0.25, 0.3) is 0 Å². The van der Waals surface area contributed by atoms with Gasteiger partial charge in [-0.3, -0.25) is 9.59 Å². The molecule has 11 heteroatoms. The maximum Gasteiger partial charge on any atom is 0.329 e. The minimum atomic E-state index is -0.991. The molecule has 0 aliphatic rings. The van der Waals surface area contributed by atoms with Crippen molar-refractivity contribution in [3.05, 3.63) is 76.0 Å². The van der Waals surface area contributed by atoms with Crippen LogP contribution in [0.3, 0.4) is 0 Å². The lowest BCUT2D eigenvalue weighted by atomic mass is 10.2. The number of halogens is 2. The Kier molecular flexibility index (Phi) is 9.84. The maximum atomic E-state index is 13.9. The highest BCUT2D eigenvalue weighted by molar-refractivity contribution is 9.10. The lowest BCUT2D eigenvalue weighted by Gasteiger charge is -2.15. The number of rotatable bonds is 10. The Morgan fingerprint density at radius 3 is 2.49 bits per heavy atom. The summed E-state index contributed by atoms with van der Waals surface area (Å²) in [6.07, 6.45) is 1.34. The van der Waals surface area contributed by atoms with Crippen molar-refractivity contribution in [1.29, 1.82) is 0 Å². The molecule has 0 spiro atoms. The van der Waals surface area contributed by atoms with Crippen molar-refractivity contribution in [3.8, 4) is 23.0 Å². The fourth-order valence-electron chi connectivity index (χ4n) is 3.14. The van der Waals surface area contributed by atoms with Gasteiger partial charge in [-0.05, 0) is 58.7 Å². The Bertz CT molecular complexity index is 1300. The number of ether oxygens (including phenoxy) is 4. The van der Waals surface area contributed by atoms with Crippen LogP contribution in [0.5, 0.6) is 23.0 Å². The van der Waals surface area contributed by atoms with Gasteiger partial charge in [0.05, 0.1) is 37.2 Å². The first-order chi connectivity index (χ1) is 17.9. The summed E-state index contributed by atoms with van der Waals surface area (Å²) in [6, 6.07) is 14.4. The molecule has 2 N–H and O–H groups in total. The van der Waals surface area contributed by atoms with E-state index in [-0.39, 0.29) is 18.1 Å². The third-order valence-electron chi connectivity index (χ3n) is 4.90. The molecular weight excluding hydrogens is 549 g/mol. The molecule has 0 bridgehead atoms. The van der Waals surface area contributed by atoms with Crippen LogP contribution >= 0.6 is 15.9 Å². The molecule has 0 saturated heterocycles. The molecule has 0 aromatic heterocycles. The average Bonchev–Trinajstić information content (AvgIpc) is 2.89. The van der Waals surface area contributed by atoms with Crippen LogP contribution in [0.2, 0.25) is 0 Å². The predicted molar refractivity (Wildman–Crippen MR) is 140 cm³/mol. The molecule has 194 valence electrons. The first-order valence-corrected chi connectivity index (χ1v) is 11.8. The lowest BCUT2D eigenvalue weighted by Crippen LogP contribution is -2.32. The van der Waals surface area contributed by atoms with Crippen molar-refractivity contribution in [3.63, 3.8) is 0 Å². The number of carbonyl (C=O) groups is 2. The quantitative estimate of drug-likeness (QED) is 0.207. The minimum Gasteiger partial charge on any atom is -0.497 e. The second-order valence-electron chi connectivity index (χ2n) is 7.36. The molecular formula is C26H25BrFN3O6. The number of nitrogens with zero attached hydrogens (tertiary/aromatic N) is 1. The van der Waals surface area contributed by atoms with Crippen molar-refractivity contribution < 1.29 is 32.9 Å². The van der Waals surface area contributed by atoms with Gasteiger partial charge in [0.15, 0.2) is 11.5 Å². The normalized spacial score (nSPS) is 10.6. The first-order valence-electron chi connectivity index (χ1n) is 11.0. The Hall–Kier alpha value is -4.12. The second kappa shape index (κ2) is 13.3. The van der Waals surface area contributed by atoms with Gasteiger partial charge in [-0.1, -0.05) is 18.2 Å². The summed E-state index contributed by atoms with van der Waals surface area (Å²) in [4.78, 5) is 24.5. The summed E-state index contributed by atoms with van der Waals surface area (Å²) in [7, 11) is 2.92. The van der Waals surface area contributed by atoms with Crippen LogP contribution in [0, 0.1) is 5.82 Å². The van der Waals surface area contributed by atoms with Gasteiger partial charge in [0.25, 0.3) is 0 Å². The molecule has 0 radical (unpaired) electrons. The monoisotopic (exact) mass is 573 g/mol. The Labute approximate surface area is 221 Å². The van der Waals surface area contributed by atoms with Gasteiger partial charge in [0, 0.05) is 11.6 Å². The summed E-state index contributed by atoms with van der Waals surface area (Å²) >= 11 is 3.43. The van der Waals surface area contributed by atoms with E-state index in [0.29, 0.717) is 45.2 Å². The van der Waals surface area contributed by atoms with E-state index >= 15 is 0 Å². The van der Waals surface area contributed by atoms with Crippen molar-refractivity contribution in [2.75, 3.05) is 26.1 Å². The summed E-state index contributed by atoms with van der Waals surface area (Å²) in [5.41, 5.74) is 3.38. The van der Waals surface area contributed by atoms with Gasteiger partial charge >= 0.3 is 11.8 Å². The van der Waals surface area contributed by atoms with E-state index in [1.165, 1.54) is 32.6 Å². The van der Waals surface area contributed by atoms with Gasteiger partial charge in [-0.25, -0.2) is 9.82 Å². The van der Waals surface area contributed by atoms with Crippen molar-refractivity contribution in [1.82, 2.24) is 5.43 Å². The molecule has 3 aromatic carbocycles. The summed E-state index contributed by atoms with van der Waals surface area (Å²) in [5, 5.41) is 6.31. The van der Waals surface area contributed by atoms with E-state index in [2.05, 4.69) is 31.8 Å². The van der Waals surface area contributed by atoms with Crippen molar-refractivity contribution in [2.24, 2.45) is 5.10 Å². The smallest absolute Gasteiger partial charge is 0.329 e. The molecule has 2 amide bonds. The number of benzene rings is 3. The van der Waals surface area contributed by atoms with Crippen LogP contribution in [0.4, 0.5) is 10.1 Å². The number of hydrazone groups is 1. The number of anilines is 1. The predicted octanol–water partition coefficient (Wildman–Crippen LogP) is 4.67. The summed E-state index contributed by atoms with van der Waals surface area (Å²) in [6.45, 7) is 2.17. The van der Waals surface area contributed by atoms with Crippen molar-refractivity contribution >= 4 is 39.6 Å². The molecule has 3 aromatic rings. The van der Waals surface area contributed by atoms with E-state index in [4.69, 9.17) is 18.9 Å². The number of nitrogens with one attached hydrogen (secondary N) is 2. The average molecular weight is 574 g/mol. The standard InChI is InChI=1S/C26H25BrFN3O6/c1-4-36-23-12-16(11-19(27)24(23)37-15-17-7-5-6-8-20(17)28)14-29-31-26(33)25(32)30-21-13-18(34-2)9-10-22(21)35-3/h5-14H,4,15H2,1-3H3,(H,30,32)(H,31,33). The molecule has 9 nitrogen and oxygen atoms in total. The highest BCUT2D eigenvalue weighted by Gasteiger charge is 2.17. The van der Waals surface area contributed by atoms with Gasteiger partial charge in [0.1, 0.15) is 23.9 Å². The number of hydrogen-bond donors (Lipinski definition) is 2. The Morgan fingerprint density at radius 1 is 1.00 bits per heavy atom. The second-order valence-corrected chi connectivity index (χ2v) is 8.22. The molecule has 0 aliphatic carbocycles. The number of amides is 2.